The van der Waals surface area contributed by atoms with Crippen molar-refractivity contribution in [1.29, 1.82) is 0 Å². The minimum absolute atomic E-state index is 0.262. The molecule has 3 heteroatoms. The summed E-state index contributed by atoms with van der Waals surface area (Å²) in [4.78, 5) is 12.8. The van der Waals surface area contributed by atoms with Gasteiger partial charge in [-0.1, -0.05) is 54.1 Å². The Morgan fingerprint density at radius 2 is 1.78 bits per heavy atom. The van der Waals surface area contributed by atoms with Crippen LogP contribution in [-0.4, -0.2) is 5.75 Å². The summed E-state index contributed by atoms with van der Waals surface area (Å²) in [5.74, 6) is 1.48. The number of thioether (sulfide) groups is 1. The highest BCUT2D eigenvalue weighted by Gasteiger charge is 2.06. The quantitative estimate of drug-likeness (QED) is 0.623. The van der Waals surface area contributed by atoms with Crippen molar-refractivity contribution in [2.24, 2.45) is 0 Å². The van der Waals surface area contributed by atoms with Gasteiger partial charge in [0.1, 0.15) is 5.76 Å². The minimum atomic E-state index is -0.262. The summed E-state index contributed by atoms with van der Waals surface area (Å²) in [5, 5.41) is 0. The van der Waals surface area contributed by atoms with Crippen molar-refractivity contribution < 1.29 is 4.42 Å². The summed E-state index contributed by atoms with van der Waals surface area (Å²) in [5.41, 5.74) is 3.09. The molecule has 0 spiro atoms. The third-order valence-electron chi connectivity index (χ3n) is 3.58. The zero-order valence-electron chi connectivity index (χ0n) is 13.0. The van der Waals surface area contributed by atoms with Crippen LogP contribution in [0.25, 0.3) is 11.3 Å². The van der Waals surface area contributed by atoms with Gasteiger partial charge in [-0.3, -0.25) is 0 Å². The molecule has 0 radical (unpaired) electrons. The summed E-state index contributed by atoms with van der Waals surface area (Å²) >= 11 is 1.54. The van der Waals surface area contributed by atoms with E-state index in [1.165, 1.54) is 5.56 Å². The van der Waals surface area contributed by atoms with Gasteiger partial charge in [-0.2, -0.15) is 0 Å². The lowest BCUT2D eigenvalue weighted by molar-refractivity contribution is 0.509. The summed E-state index contributed by atoms with van der Waals surface area (Å²) in [7, 11) is 0. The van der Waals surface area contributed by atoms with Crippen LogP contribution >= 0.6 is 11.8 Å². The van der Waals surface area contributed by atoms with Gasteiger partial charge in [0.25, 0.3) is 0 Å². The predicted molar refractivity (Wildman–Crippen MR) is 96.0 cm³/mol. The van der Waals surface area contributed by atoms with Gasteiger partial charge in [0.15, 0.2) is 0 Å². The molecule has 2 aromatic carbocycles. The van der Waals surface area contributed by atoms with Gasteiger partial charge in [-0.25, -0.2) is 4.79 Å². The van der Waals surface area contributed by atoms with Crippen LogP contribution in [0.4, 0.5) is 0 Å². The first-order chi connectivity index (χ1) is 11.2. The van der Waals surface area contributed by atoms with Gasteiger partial charge in [0.2, 0.25) is 0 Å². The topological polar surface area (TPSA) is 30.2 Å². The molecule has 0 N–H and O–H groups in total. The molecule has 2 nitrogen and oxygen atoms in total. The van der Waals surface area contributed by atoms with Crippen molar-refractivity contribution in [2.75, 3.05) is 5.75 Å². The zero-order valence-corrected chi connectivity index (χ0v) is 13.8. The summed E-state index contributed by atoms with van der Waals surface area (Å²) in [6.07, 6.45) is 0.935. The van der Waals surface area contributed by atoms with E-state index >= 15 is 0 Å². The highest BCUT2D eigenvalue weighted by Crippen LogP contribution is 2.22. The lowest BCUT2D eigenvalue weighted by atomic mass is 10.1. The van der Waals surface area contributed by atoms with E-state index in [-0.39, 0.29) is 5.63 Å². The first-order valence-corrected chi connectivity index (χ1v) is 8.59. The van der Waals surface area contributed by atoms with Crippen LogP contribution in [0.3, 0.4) is 0 Å². The highest BCUT2D eigenvalue weighted by molar-refractivity contribution is 7.99. The van der Waals surface area contributed by atoms with Crippen molar-refractivity contribution in [3.8, 4) is 11.3 Å². The van der Waals surface area contributed by atoms with Crippen LogP contribution in [0.5, 0.6) is 0 Å². The molecule has 0 fully saturated rings. The number of hydrogen-bond donors (Lipinski definition) is 0. The Kier molecular flexibility index (Phi) is 4.99. The third kappa shape index (κ3) is 4.14. The molecule has 0 aliphatic carbocycles. The Hall–Kier alpha value is -2.26. The normalized spacial score (nSPS) is 10.7. The van der Waals surface area contributed by atoms with E-state index < -0.39 is 0 Å². The maximum absolute atomic E-state index is 12.2. The molecule has 1 heterocycles. The van der Waals surface area contributed by atoms with Crippen LogP contribution < -0.4 is 5.63 Å². The number of hydrogen-bond acceptors (Lipinski definition) is 3. The van der Waals surface area contributed by atoms with Gasteiger partial charge < -0.3 is 4.42 Å². The molecule has 23 heavy (non-hydrogen) atoms. The summed E-state index contributed by atoms with van der Waals surface area (Å²) < 4.78 is 5.48. The number of rotatable bonds is 5. The Bertz CT molecular complexity index is 838. The number of aryl methyl sites for hydroxylation is 2. The maximum atomic E-state index is 12.2. The smallest absolute Gasteiger partial charge is 0.350 e. The molecule has 0 saturated carbocycles. The van der Waals surface area contributed by atoms with Gasteiger partial charge in [-0.05, 0) is 37.1 Å². The Morgan fingerprint density at radius 3 is 2.52 bits per heavy atom. The Balaban J connectivity index is 1.69. The molecule has 116 valence electrons. The largest absolute Gasteiger partial charge is 0.422 e. The van der Waals surface area contributed by atoms with Gasteiger partial charge >= 0.3 is 5.63 Å². The van der Waals surface area contributed by atoms with E-state index in [0.717, 1.165) is 23.3 Å². The number of benzene rings is 2. The van der Waals surface area contributed by atoms with Crippen LogP contribution in [0.2, 0.25) is 0 Å². The van der Waals surface area contributed by atoms with E-state index in [0.29, 0.717) is 10.7 Å². The molecule has 0 unspecified atom stereocenters. The standard InChI is InChI=1S/C20H18O2S/c1-15-6-5-9-17(14-15)18-10-11-19(20(21)22-18)23-13-12-16-7-3-2-4-8-16/h2-11,14H,12-13H2,1H3. The van der Waals surface area contributed by atoms with Crippen molar-refractivity contribution in [2.45, 2.75) is 18.2 Å². The van der Waals surface area contributed by atoms with E-state index in [4.69, 9.17) is 4.42 Å². The second-order valence-corrected chi connectivity index (χ2v) is 6.54. The molecular weight excluding hydrogens is 304 g/mol. The predicted octanol–water partition coefficient (Wildman–Crippen LogP) is 4.95. The minimum Gasteiger partial charge on any atom is -0.422 e. The first kappa shape index (κ1) is 15.6. The van der Waals surface area contributed by atoms with Crippen molar-refractivity contribution in [3.05, 3.63) is 88.3 Å². The second-order valence-electron chi connectivity index (χ2n) is 5.40. The van der Waals surface area contributed by atoms with E-state index in [1.54, 1.807) is 11.8 Å². The molecule has 3 rings (SSSR count). The van der Waals surface area contributed by atoms with E-state index in [9.17, 15) is 4.79 Å². The molecule has 3 aromatic rings. The maximum Gasteiger partial charge on any atom is 0.350 e. The lowest BCUT2D eigenvalue weighted by Gasteiger charge is -2.04. The lowest BCUT2D eigenvalue weighted by Crippen LogP contribution is -2.03. The molecule has 0 atom stereocenters. The zero-order chi connectivity index (χ0) is 16.1. The third-order valence-corrected chi connectivity index (χ3v) is 4.61. The average molecular weight is 322 g/mol. The van der Waals surface area contributed by atoms with Gasteiger partial charge in [0, 0.05) is 11.3 Å². The molecule has 0 aliphatic rings. The van der Waals surface area contributed by atoms with Crippen LogP contribution in [0, 0.1) is 6.92 Å². The van der Waals surface area contributed by atoms with Crippen molar-refractivity contribution >= 4 is 11.8 Å². The van der Waals surface area contributed by atoms with Crippen LogP contribution in [0.1, 0.15) is 11.1 Å². The van der Waals surface area contributed by atoms with Crippen LogP contribution in [0.15, 0.2) is 80.8 Å². The molecule has 0 aliphatic heterocycles. The molecular formula is C20H18O2S. The fourth-order valence-corrected chi connectivity index (χ4v) is 3.27. The fourth-order valence-electron chi connectivity index (χ4n) is 2.39. The van der Waals surface area contributed by atoms with Crippen LogP contribution in [-0.2, 0) is 6.42 Å². The summed E-state index contributed by atoms with van der Waals surface area (Å²) in [6.45, 7) is 2.02. The molecule has 1 aromatic heterocycles. The average Bonchev–Trinajstić information content (AvgIpc) is 2.57. The summed E-state index contributed by atoms with van der Waals surface area (Å²) in [6, 6.07) is 22.0. The first-order valence-electron chi connectivity index (χ1n) is 7.60. The fraction of sp³-hybridized carbons (Fsp3) is 0.150. The molecule has 0 amide bonds. The Morgan fingerprint density at radius 1 is 0.957 bits per heavy atom. The second kappa shape index (κ2) is 7.34. The monoisotopic (exact) mass is 322 g/mol. The molecule has 0 saturated heterocycles. The van der Waals surface area contributed by atoms with Gasteiger partial charge in [-0.15, -0.1) is 11.8 Å². The molecule has 0 bridgehead atoms. The van der Waals surface area contributed by atoms with Crippen molar-refractivity contribution in [3.63, 3.8) is 0 Å². The van der Waals surface area contributed by atoms with Gasteiger partial charge in [0.05, 0.1) is 4.90 Å². The van der Waals surface area contributed by atoms with E-state index in [2.05, 4.69) is 12.1 Å². The Labute approximate surface area is 140 Å². The van der Waals surface area contributed by atoms with Crippen molar-refractivity contribution in [1.82, 2.24) is 0 Å². The SMILES string of the molecule is Cc1cccc(-c2ccc(SCCc3ccccc3)c(=O)o2)c1. The van der Waals surface area contributed by atoms with E-state index in [1.807, 2.05) is 61.5 Å². The highest BCUT2D eigenvalue weighted by atomic mass is 32.2.